The fourth-order valence-electron chi connectivity index (χ4n) is 6.21. The van der Waals surface area contributed by atoms with Gasteiger partial charge in [0.25, 0.3) is 0 Å². The van der Waals surface area contributed by atoms with Crippen LogP contribution >= 0.6 is 22.7 Å². The number of benzene rings is 6. The topological polar surface area (TPSA) is 4.93 Å². The van der Waals surface area contributed by atoms with E-state index in [0.29, 0.717) is 0 Å². The first-order valence-corrected chi connectivity index (χ1v) is 14.8. The molecule has 0 saturated heterocycles. The molecule has 0 amide bonds. The molecule has 39 heavy (non-hydrogen) atoms. The van der Waals surface area contributed by atoms with Gasteiger partial charge in [0.15, 0.2) is 0 Å². The Kier molecular flexibility index (Phi) is 4.43. The van der Waals surface area contributed by atoms with Crippen molar-refractivity contribution in [2.45, 2.75) is 0 Å². The molecule has 0 atom stereocenters. The first-order valence-electron chi connectivity index (χ1n) is 13.2. The van der Waals surface area contributed by atoms with Crippen molar-refractivity contribution in [3.8, 4) is 16.8 Å². The zero-order chi connectivity index (χ0) is 25.5. The molecule has 0 radical (unpaired) electrons. The van der Waals surface area contributed by atoms with Crippen LogP contribution < -0.4 is 0 Å². The molecule has 3 heterocycles. The van der Waals surface area contributed by atoms with Crippen LogP contribution in [0.15, 0.2) is 127 Å². The van der Waals surface area contributed by atoms with Gasteiger partial charge in [-0.2, -0.15) is 0 Å². The number of aromatic nitrogens is 1. The second-order valence-corrected chi connectivity index (χ2v) is 12.3. The largest absolute Gasteiger partial charge is 0.308 e. The van der Waals surface area contributed by atoms with Gasteiger partial charge < -0.3 is 4.57 Å². The molecule has 3 heteroatoms. The van der Waals surface area contributed by atoms with Crippen LogP contribution in [0.25, 0.3) is 79.0 Å². The van der Waals surface area contributed by atoms with Crippen molar-refractivity contribution in [1.82, 2.24) is 4.57 Å². The van der Waals surface area contributed by atoms with E-state index in [1.165, 1.54) is 79.0 Å². The predicted octanol–water partition coefficient (Wildman–Crippen LogP) is 11.2. The SMILES string of the molecule is c1ccc(-c2ccc3c(c2)sc2ccc(-n4c5ccccc5c5ccc6c7ccccc7sc6c54)cc23)cc1. The van der Waals surface area contributed by atoms with Crippen molar-refractivity contribution in [3.05, 3.63) is 127 Å². The summed E-state index contributed by atoms with van der Waals surface area (Å²) < 4.78 is 7.84. The third-order valence-corrected chi connectivity index (χ3v) is 10.3. The van der Waals surface area contributed by atoms with Gasteiger partial charge in [0.2, 0.25) is 0 Å². The minimum Gasteiger partial charge on any atom is -0.308 e. The van der Waals surface area contributed by atoms with Crippen molar-refractivity contribution < 1.29 is 0 Å². The van der Waals surface area contributed by atoms with Gasteiger partial charge in [-0.25, -0.2) is 0 Å². The second-order valence-electron chi connectivity index (χ2n) is 10.1. The highest BCUT2D eigenvalue weighted by atomic mass is 32.1. The highest BCUT2D eigenvalue weighted by molar-refractivity contribution is 7.26. The van der Waals surface area contributed by atoms with E-state index in [0.717, 1.165) is 0 Å². The summed E-state index contributed by atoms with van der Waals surface area (Å²) in [5.41, 5.74) is 6.30. The van der Waals surface area contributed by atoms with Crippen LogP contribution in [-0.4, -0.2) is 4.57 Å². The first-order chi connectivity index (χ1) is 19.3. The maximum atomic E-state index is 2.49. The number of hydrogen-bond donors (Lipinski definition) is 0. The van der Waals surface area contributed by atoms with Crippen LogP contribution in [0.5, 0.6) is 0 Å². The van der Waals surface area contributed by atoms with Gasteiger partial charge in [-0.1, -0.05) is 91.0 Å². The molecule has 0 fully saturated rings. The normalized spacial score (nSPS) is 12.1. The Bertz CT molecular complexity index is 2390. The Balaban J connectivity index is 1.35. The number of thiophene rings is 2. The van der Waals surface area contributed by atoms with Crippen LogP contribution in [0, 0.1) is 0 Å². The van der Waals surface area contributed by atoms with Crippen molar-refractivity contribution in [2.75, 3.05) is 0 Å². The van der Waals surface area contributed by atoms with E-state index in [2.05, 4.69) is 132 Å². The van der Waals surface area contributed by atoms with E-state index in [-0.39, 0.29) is 0 Å². The van der Waals surface area contributed by atoms with E-state index in [9.17, 15) is 0 Å². The highest BCUT2D eigenvalue weighted by Crippen LogP contribution is 2.44. The van der Waals surface area contributed by atoms with Gasteiger partial charge in [0.05, 0.1) is 15.7 Å². The molecule has 9 rings (SSSR count). The summed E-state index contributed by atoms with van der Waals surface area (Å²) >= 11 is 3.79. The lowest BCUT2D eigenvalue weighted by Gasteiger charge is -2.09. The Morgan fingerprint density at radius 2 is 1.13 bits per heavy atom. The average molecular weight is 532 g/mol. The molecule has 182 valence electrons. The van der Waals surface area contributed by atoms with Crippen molar-refractivity contribution in [2.24, 2.45) is 0 Å². The second kappa shape index (κ2) is 8.03. The van der Waals surface area contributed by atoms with Crippen LogP contribution in [0.4, 0.5) is 0 Å². The summed E-state index contributed by atoms with van der Waals surface area (Å²) in [5.74, 6) is 0. The molecule has 0 saturated carbocycles. The number of nitrogens with zero attached hydrogens (tertiary/aromatic N) is 1. The fourth-order valence-corrected chi connectivity index (χ4v) is 8.58. The van der Waals surface area contributed by atoms with Crippen LogP contribution in [0.2, 0.25) is 0 Å². The third-order valence-electron chi connectivity index (χ3n) is 8.00. The van der Waals surface area contributed by atoms with E-state index in [4.69, 9.17) is 0 Å². The summed E-state index contributed by atoms with van der Waals surface area (Å²) in [7, 11) is 0. The molecule has 9 aromatic rings. The van der Waals surface area contributed by atoms with Gasteiger partial charge in [-0.05, 0) is 47.5 Å². The predicted molar refractivity (Wildman–Crippen MR) is 172 cm³/mol. The number of hydrogen-bond acceptors (Lipinski definition) is 2. The zero-order valence-electron chi connectivity index (χ0n) is 20.9. The minimum atomic E-state index is 1.21. The molecular weight excluding hydrogens is 511 g/mol. The smallest absolute Gasteiger partial charge is 0.0719 e. The zero-order valence-corrected chi connectivity index (χ0v) is 22.5. The highest BCUT2D eigenvalue weighted by Gasteiger charge is 2.18. The van der Waals surface area contributed by atoms with Gasteiger partial charge in [0.1, 0.15) is 0 Å². The molecule has 3 aromatic heterocycles. The molecular formula is C36H21NS2. The number of para-hydroxylation sites is 1. The average Bonchev–Trinajstić information content (AvgIpc) is 3.66. The summed E-state index contributed by atoms with van der Waals surface area (Å²) in [6.45, 7) is 0. The number of rotatable bonds is 2. The Morgan fingerprint density at radius 1 is 0.410 bits per heavy atom. The molecule has 1 nitrogen and oxygen atoms in total. The third kappa shape index (κ3) is 3.06. The summed E-state index contributed by atoms with van der Waals surface area (Å²) in [5, 5.41) is 7.93. The van der Waals surface area contributed by atoms with Crippen LogP contribution in [0.3, 0.4) is 0 Å². The van der Waals surface area contributed by atoms with Crippen molar-refractivity contribution >= 4 is 84.8 Å². The first kappa shape index (κ1) is 21.5. The minimum absolute atomic E-state index is 1.21. The van der Waals surface area contributed by atoms with E-state index in [1.807, 2.05) is 22.7 Å². The molecule has 0 bridgehead atoms. The maximum absolute atomic E-state index is 2.49. The van der Waals surface area contributed by atoms with Gasteiger partial charge >= 0.3 is 0 Å². The van der Waals surface area contributed by atoms with Crippen LogP contribution in [0.1, 0.15) is 0 Å². The van der Waals surface area contributed by atoms with Gasteiger partial charge in [0, 0.05) is 52.1 Å². The molecule has 0 aliphatic heterocycles. The Hall–Kier alpha value is -4.44. The molecule has 0 spiro atoms. The van der Waals surface area contributed by atoms with E-state index >= 15 is 0 Å². The summed E-state index contributed by atoms with van der Waals surface area (Å²) in [6, 6.07) is 46.8. The van der Waals surface area contributed by atoms with Crippen molar-refractivity contribution in [1.29, 1.82) is 0 Å². The molecule has 0 aliphatic rings. The van der Waals surface area contributed by atoms with Crippen LogP contribution in [-0.2, 0) is 0 Å². The lowest BCUT2D eigenvalue weighted by atomic mass is 10.0. The lowest BCUT2D eigenvalue weighted by molar-refractivity contribution is 1.19. The Labute approximate surface area is 232 Å². The number of fused-ring (bicyclic) bond motifs is 10. The summed E-state index contributed by atoms with van der Waals surface area (Å²) in [6.07, 6.45) is 0. The maximum Gasteiger partial charge on any atom is 0.0719 e. The lowest BCUT2D eigenvalue weighted by Crippen LogP contribution is -1.93. The molecule has 0 N–H and O–H groups in total. The van der Waals surface area contributed by atoms with Gasteiger partial charge in [-0.3, -0.25) is 0 Å². The summed E-state index contributed by atoms with van der Waals surface area (Å²) in [4.78, 5) is 0. The quantitative estimate of drug-likeness (QED) is 0.209. The molecule has 0 unspecified atom stereocenters. The van der Waals surface area contributed by atoms with Crippen molar-refractivity contribution in [3.63, 3.8) is 0 Å². The van der Waals surface area contributed by atoms with Gasteiger partial charge in [-0.15, -0.1) is 22.7 Å². The molecule has 6 aromatic carbocycles. The Morgan fingerprint density at radius 3 is 2.05 bits per heavy atom. The molecule has 0 aliphatic carbocycles. The fraction of sp³-hybridized carbons (Fsp3) is 0. The van der Waals surface area contributed by atoms with E-state index < -0.39 is 0 Å². The standard InChI is InChI=1S/C36H21NS2/c1-2-8-22(9-3-1)23-14-16-27-30-21-24(15-19-33(30)38-34(27)20-23)37-31-12-6-4-10-25(31)28-17-18-29-26-11-5-7-13-32(26)39-36(29)35(28)37/h1-21H. The monoisotopic (exact) mass is 531 g/mol. The van der Waals surface area contributed by atoms with E-state index in [1.54, 1.807) is 0 Å².